The number of likely N-dealkylation sites (tertiary alicyclic amines) is 1. The Morgan fingerprint density at radius 2 is 2.25 bits per heavy atom. The fourth-order valence-electron chi connectivity index (χ4n) is 3.50. The Labute approximate surface area is 168 Å². The Morgan fingerprint density at radius 3 is 3.04 bits per heavy atom. The zero-order valence-electron chi connectivity index (χ0n) is 15.7. The van der Waals surface area contributed by atoms with E-state index in [9.17, 15) is 4.79 Å². The smallest absolute Gasteiger partial charge is 0.257 e. The molecule has 1 amide bonds. The van der Waals surface area contributed by atoms with Crippen LogP contribution in [0.2, 0.25) is 0 Å². The zero-order chi connectivity index (χ0) is 19.3. The largest absolute Gasteiger partial charge is 0.472 e. The first kappa shape index (κ1) is 18.7. The monoisotopic (exact) mass is 394 g/mol. The number of carbonyl (C=O) groups excluding carboxylic acids is 1. The Kier molecular flexibility index (Phi) is 5.71. The summed E-state index contributed by atoms with van der Waals surface area (Å²) in [5.41, 5.74) is 3.73. The van der Waals surface area contributed by atoms with Crippen LogP contribution in [-0.4, -0.2) is 38.8 Å². The van der Waals surface area contributed by atoms with Gasteiger partial charge in [-0.2, -0.15) is 0 Å². The molecule has 4 rings (SSSR count). The lowest BCUT2D eigenvalue weighted by Gasteiger charge is -2.32. The average molecular weight is 395 g/mol. The minimum absolute atomic E-state index is 0.0231. The zero-order valence-corrected chi connectivity index (χ0v) is 16.6. The van der Waals surface area contributed by atoms with Crippen LogP contribution < -0.4 is 0 Å². The highest BCUT2D eigenvalue weighted by Gasteiger charge is 2.28. The van der Waals surface area contributed by atoms with Crippen molar-refractivity contribution in [1.29, 1.82) is 0 Å². The highest BCUT2D eigenvalue weighted by molar-refractivity contribution is 7.98. The summed E-state index contributed by atoms with van der Waals surface area (Å²) < 4.78 is 5.06. The van der Waals surface area contributed by atoms with E-state index < -0.39 is 0 Å². The fraction of sp³-hybridized carbons (Fsp3) is 0.333. The third kappa shape index (κ3) is 4.25. The molecule has 0 spiro atoms. The number of pyridine rings is 1. The highest BCUT2D eigenvalue weighted by atomic mass is 32.2. The fourth-order valence-corrected chi connectivity index (χ4v) is 4.23. The topological polar surface area (TPSA) is 72.1 Å². The van der Waals surface area contributed by atoms with Crippen molar-refractivity contribution in [2.45, 2.75) is 36.6 Å². The van der Waals surface area contributed by atoms with E-state index in [1.54, 1.807) is 24.0 Å². The lowest BCUT2D eigenvalue weighted by atomic mass is 9.92. The number of thioether (sulfide) groups is 1. The summed E-state index contributed by atoms with van der Waals surface area (Å²) in [6, 6.07) is 7.61. The molecule has 1 saturated heterocycles. The number of rotatable bonds is 5. The van der Waals surface area contributed by atoms with Crippen LogP contribution in [0.3, 0.4) is 0 Å². The number of piperidine rings is 1. The van der Waals surface area contributed by atoms with Crippen LogP contribution in [0.15, 0.2) is 58.8 Å². The van der Waals surface area contributed by atoms with Gasteiger partial charge in [-0.25, -0.2) is 9.97 Å². The van der Waals surface area contributed by atoms with Crippen molar-refractivity contribution in [3.8, 4) is 0 Å². The van der Waals surface area contributed by atoms with Crippen LogP contribution in [0.4, 0.5) is 0 Å². The van der Waals surface area contributed by atoms with Crippen molar-refractivity contribution in [3.63, 3.8) is 0 Å². The van der Waals surface area contributed by atoms with Gasteiger partial charge in [-0.05, 0) is 43.5 Å². The van der Waals surface area contributed by atoms with Crippen LogP contribution in [0.25, 0.3) is 0 Å². The van der Waals surface area contributed by atoms with Gasteiger partial charge in [-0.1, -0.05) is 17.8 Å². The van der Waals surface area contributed by atoms with Crippen LogP contribution in [0, 0.1) is 6.92 Å². The number of amides is 1. The molecule has 144 valence electrons. The molecule has 1 unspecified atom stereocenters. The molecule has 0 N–H and O–H groups in total. The number of hydrogen-bond donors (Lipinski definition) is 0. The van der Waals surface area contributed by atoms with Gasteiger partial charge in [-0.15, -0.1) is 0 Å². The predicted molar refractivity (Wildman–Crippen MR) is 107 cm³/mol. The molecule has 0 radical (unpaired) electrons. The molecule has 4 heterocycles. The molecule has 1 fully saturated rings. The van der Waals surface area contributed by atoms with Crippen LogP contribution >= 0.6 is 11.8 Å². The number of hydrogen-bond acceptors (Lipinski definition) is 6. The van der Waals surface area contributed by atoms with E-state index in [4.69, 9.17) is 9.40 Å². The minimum Gasteiger partial charge on any atom is -0.472 e. The van der Waals surface area contributed by atoms with Gasteiger partial charge in [0.15, 0.2) is 5.16 Å². The molecule has 1 atom stereocenters. The van der Waals surface area contributed by atoms with Gasteiger partial charge in [0.2, 0.25) is 0 Å². The molecule has 0 saturated carbocycles. The van der Waals surface area contributed by atoms with Crippen molar-refractivity contribution in [2.24, 2.45) is 0 Å². The van der Waals surface area contributed by atoms with Crippen molar-refractivity contribution in [1.82, 2.24) is 19.9 Å². The second-order valence-corrected chi connectivity index (χ2v) is 7.88. The third-order valence-corrected chi connectivity index (χ3v) is 5.82. The van der Waals surface area contributed by atoms with Crippen molar-refractivity contribution >= 4 is 17.7 Å². The maximum Gasteiger partial charge on any atom is 0.257 e. The van der Waals surface area contributed by atoms with Gasteiger partial charge < -0.3 is 9.32 Å². The lowest BCUT2D eigenvalue weighted by Crippen LogP contribution is -2.39. The molecule has 0 aromatic carbocycles. The molecule has 0 aliphatic carbocycles. The van der Waals surface area contributed by atoms with Crippen LogP contribution in [0.5, 0.6) is 0 Å². The van der Waals surface area contributed by atoms with Crippen molar-refractivity contribution < 1.29 is 9.21 Å². The summed E-state index contributed by atoms with van der Waals surface area (Å²) in [4.78, 5) is 28.2. The van der Waals surface area contributed by atoms with Gasteiger partial charge in [0, 0.05) is 37.2 Å². The molecule has 6 nitrogen and oxygen atoms in total. The van der Waals surface area contributed by atoms with Crippen LogP contribution in [-0.2, 0) is 5.75 Å². The first-order chi connectivity index (χ1) is 13.7. The lowest BCUT2D eigenvalue weighted by molar-refractivity contribution is 0.0704. The van der Waals surface area contributed by atoms with E-state index in [1.807, 2.05) is 36.2 Å². The Morgan fingerprint density at radius 1 is 1.32 bits per heavy atom. The summed E-state index contributed by atoms with van der Waals surface area (Å²) in [5.74, 6) is 0.982. The first-order valence-corrected chi connectivity index (χ1v) is 10.4. The van der Waals surface area contributed by atoms with Crippen molar-refractivity contribution in [2.75, 3.05) is 13.1 Å². The Balaban J connectivity index is 1.47. The second-order valence-electron chi connectivity index (χ2n) is 6.93. The van der Waals surface area contributed by atoms with Crippen LogP contribution in [0.1, 0.15) is 46.1 Å². The molecular formula is C21H22N4O2S. The molecule has 28 heavy (non-hydrogen) atoms. The van der Waals surface area contributed by atoms with E-state index in [2.05, 4.69) is 9.97 Å². The second kappa shape index (κ2) is 8.56. The van der Waals surface area contributed by atoms with E-state index >= 15 is 0 Å². The first-order valence-electron chi connectivity index (χ1n) is 9.38. The highest BCUT2D eigenvalue weighted by Crippen LogP contribution is 2.30. The van der Waals surface area contributed by atoms with Gasteiger partial charge in [0.25, 0.3) is 5.91 Å². The summed E-state index contributed by atoms with van der Waals surface area (Å²) in [5, 5.41) is 0.754. The summed E-state index contributed by atoms with van der Waals surface area (Å²) in [6.07, 6.45) is 8.72. The molecule has 0 bridgehead atoms. The van der Waals surface area contributed by atoms with Gasteiger partial charge in [0.05, 0.1) is 23.2 Å². The normalized spacial score (nSPS) is 16.9. The number of carbonyl (C=O) groups is 1. The number of furan rings is 1. The molecule has 1 aliphatic rings. The molecule has 3 aromatic rings. The quantitative estimate of drug-likeness (QED) is 0.479. The Bertz CT molecular complexity index is 931. The Hall–Kier alpha value is -2.67. The number of aromatic nitrogens is 3. The summed E-state index contributed by atoms with van der Waals surface area (Å²) in [7, 11) is 0. The maximum absolute atomic E-state index is 12.7. The summed E-state index contributed by atoms with van der Waals surface area (Å²) >= 11 is 1.59. The number of aryl methyl sites for hydroxylation is 1. The third-order valence-electron chi connectivity index (χ3n) is 4.93. The molecular weight excluding hydrogens is 372 g/mol. The van der Waals surface area contributed by atoms with E-state index in [1.165, 1.54) is 12.5 Å². The standard InChI is InChI=1S/C21H22N4O2S/c1-15-11-23-21(28-14-18-6-2-3-8-22-18)24-19(15)16-5-4-9-25(12-16)20(26)17-7-10-27-13-17/h2-3,6-8,10-11,13,16H,4-5,9,12,14H2,1H3. The van der Waals surface area contributed by atoms with E-state index in [0.29, 0.717) is 12.1 Å². The van der Waals surface area contributed by atoms with Gasteiger partial charge in [0.1, 0.15) is 6.26 Å². The average Bonchev–Trinajstić information content (AvgIpc) is 3.28. The predicted octanol–water partition coefficient (Wildman–Crippen LogP) is 4.09. The minimum atomic E-state index is 0.0231. The van der Waals surface area contributed by atoms with Crippen molar-refractivity contribution in [3.05, 3.63) is 71.7 Å². The molecule has 3 aromatic heterocycles. The summed E-state index contributed by atoms with van der Waals surface area (Å²) in [6.45, 7) is 3.48. The SMILES string of the molecule is Cc1cnc(SCc2ccccn2)nc1C1CCCN(C(=O)c2ccoc2)C1. The van der Waals surface area contributed by atoms with E-state index in [0.717, 1.165) is 47.2 Å². The van der Waals surface area contributed by atoms with E-state index in [-0.39, 0.29) is 11.8 Å². The molecule has 1 aliphatic heterocycles. The van der Waals surface area contributed by atoms with Gasteiger partial charge in [-0.3, -0.25) is 9.78 Å². The molecule has 7 heteroatoms. The van der Waals surface area contributed by atoms with Gasteiger partial charge >= 0.3 is 0 Å². The maximum atomic E-state index is 12.7. The number of nitrogens with zero attached hydrogens (tertiary/aromatic N) is 4.